The molecule has 0 saturated carbocycles. The monoisotopic (exact) mass is 155 g/mol. The van der Waals surface area contributed by atoms with E-state index in [-0.39, 0.29) is 12.4 Å². The van der Waals surface area contributed by atoms with Crippen LogP contribution in [0.15, 0.2) is 18.2 Å². The molecule has 0 N–H and O–H groups in total. The molecule has 11 heavy (non-hydrogen) atoms. The Hall–Kier alpha value is -1.09. The number of hydrogen-bond donors (Lipinski definition) is 0. The molecule has 0 saturated heterocycles. The fraction of sp³-hybridized carbons (Fsp3) is 0.250. The topological polar surface area (TPSA) is 29.1 Å². The molecule has 1 rings (SSSR count). The third kappa shape index (κ3) is 1.68. The van der Waals surface area contributed by atoms with Crippen LogP contribution < -0.4 is 4.74 Å². The highest BCUT2D eigenvalue weighted by atomic mass is 19.1. The van der Waals surface area contributed by atoms with Crippen molar-refractivity contribution in [1.29, 1.82) is 0 Å². The highest BCUT2D eigenvalue weighted by molar-refractivity contribution is 5.33. The van der Waals surface area contributed by atoms with Gasteiger partial charge in [-0.1, -0.05) is 0 Å². The van der Waals surface area contributed by atoms with Gasteiger partial charge >= 0.3 is 0 Å². The fourth-order valence-corrected chi connectivity index (χ4v) is 0.838. The average Bonchev–Trinajstić information content (AvgIpc) is 2.04. The third-order valence-corrected chi connectivity index (χ3v) is 1.40. The van der Waals surface area contributed by atoms with Crippen LogP contribution in [0.1, 0.15) is 5.56 Å². The van der Waals surface area contributed by atoms with Gasteiger partial charge in [-0.15, -0.1) is 0 Å². The van der Waals surface area contributed by atoms with Crippen molar-refractivity contribution in [3.63, 3.8) is 0 Å². The Morgan fingerprint density at radius 2 is 2.27 bits per heavy atom. The maximum absolute atomic E-state index is 12.5. The lowest BCUT2D eigenvalue weighted by molar-refractivity contribution is 0.174. The molecule has 0 fully saturated rings. The third-order valence-electron chi connectivity index (χ3n) is 1.40. The normalized spacial score (nSPS) is 9.73. The lowest BCUT2D eigenvalue weighted by atomic mass is 10.2. The number of ether oxygens (including phenoxy) is 1. The summed E-state index contributed by atoms with van der Waals surface area (Å²) < 4.78 is 17.3. The van der Waals surface area contributed by atoms with Gasteiger partial charge in [-0.2, -0.15) is 0 Å². The first kappa shape index (κ1) is 8.01. The fourth-order valence-electron chi connectivity index (χ4n) is 0.838. The summed E-state index contributed by atoms with van der Waals surface area (Å²) in [5.41, 5.74) is 0.480. The van der Waals surface area contributed by atoms with Crippen LogP contribution in [0, 0.1) is 5.82 Å². The van der Waals surface area contributed by atoms with Gasteiger partial charge in [0.15, 0.2) is 0 Å². The Morgan fingerprint density at radius 1 is 1.55 bits per heavy atom. The molecule has 59 valence electrons. The van der Waals surface area contributed by atoms with Crippen LogP contribution in [0.5, 0.6) is 5.75 Å². The van der Waals surface area contributed by atoms with Crippen molar-refractivity contribution in [2.24, 2.45) is 0 Å². The number of methoxy groups -OCH3 is 1. The van der Waals surface area contributed by atoms with Crippen molar-refractivity contribution in [3.05, 3.63) is 29.6 Å². The Balaban J connectivity index is 3.06. The predicted molar refractivity (Wildman–Crippen MR) is 37.3 cm³/mol. The van der Waals surface area contributed by atoms with E-state index in [0.29, 0.717) is 11.3 Å². The van der Waals surface area contributed by atoms with Crippen LogP contribution in [0.2, 0.25) is 0 Å². The highest BCUT2D eigenvalue weighted by Gasteiger charge is 2.02. The zero-order chi connectivity index (χ0) is 8.27. The van der Waals surface area contributed by atoms with Gasteiger partial charge in [0.25, 0.3) is 0 Å². The van der Waals surface area contributed by atoms with Gasteiger partial charge in [-0.3, -0.25) is 0 Å². The number of rotatable bonds is 2. The minimum Gasteiger partial charge on any atom is -0.496 e. The van der Waals surface area contributed by atoms with Crippen LogP contribution >= 0.6 is 0 Å². The van der Waals surface area contributed by atoms with E-state index in [4.69, 9.17) is 4.74 Å². The lowest BCUT2D eigenvalue weighted by Crippen LogP contribution is -1.91. The van der Waals surface area contributed by atoms with E-state index < -0.39 is 0 Å². The summed E-state index contributed by atoms with van der Waals surface area (Å²) in [4.78, 5) is 0. The molecule has 2 nitrogen and oxygen atoms in total. The molecule has 1 aromatic carbocycles. The van der Waals surface area contributed by atoms with Crippen molar-refractivity contribution >= 4 is 0 Å². The molecular formula is C8H8FO2. The first-order valence-electron chi connectivity index (χ1n) is 3.18. The Labute approximate surface area is 64.2 Å². The van der Waals surface area contributed by atoms with E-state index in [0.717, 1.165) is 0 Å². The summed E-state index contributed by atoms with van der Waals surface area (Å²) >= 11 is 0. The van der Waals surface area contributed by atoms with Crippen molar-refractivity contribution in [1.82, 2.24) is 0 Å². The zero-order valence-electron chi connectivity index (χ0n) is 6.13. The van der Waals surface area contributed by atoms with Crippen molar-refractivity contribution in [3.8, 4) is 5.75 Å². The molecule has 0 aliphatic rings. The molecule has 0 unspecified atom stereocenters. The second kappa shape index (κ2) is 3.34. The summed E-state index contributed by atoms with van der Waals surface area (Å²) in [5.74, 6) is -0.0703. The number of hydrogen-bond acceptors (Lipinski definition) is 1. The molecule has 3 heteroatoms. The van der Waals surface area contributed by atoms with Gasteiger partial charge in [-0.25, -0.2) is 9.50 Å². The molecule has 0 aliphatic carbocycles. The summed E-state index contributed by atoms with van der Waals surface area (Å²) in [6.07, 6.45) is 0. The van der Waals surface area contributed by atoms with Gasteiger partial charge < -0.3 is 4.74 Å². The molecule has 0 amide bonds. The molecular weight excluding hydrogens is 147 g/mol. The van der Waals surface area contributed by atoms with Crippen LogP contribution in [-0.2, 0) is 11.7 Å². The van der Waals surface area contributed by atoms with Gasteiger partial charge in [0.1, 0.15) is 18.2 Å². The van der Waals surface area contributed by atoms with E-state index >= 15 is 0 Å². The number of halogens is 1. The maximum Gasteiger partial charge on any atom is 0.127 e. The summed E-state index contributed by atoms with van der Waals surface area (Å²) in [6.45, 7) is -0.385. The molecule has 0 heterocycles. The van der Waals surface area contributed by atoms with Crippen LogP contribution in [0.25, 0.3) is 0 Å². The standard InChI is InChI=1S/C8H8FO2/c1-11-8-4-7(9)3-2-6(8)5-10/h2-4H,5H2,1H3. The highest BCUT2D eigenvalue weighted by Crippen LogP contribution is 2.18. The van der Waals surface area contributed by atoms with Crippen LogP contribution in [-0.4, -0.2) is 7.11 Å². The minimum atomic E-state index is -0.390. The van der Waals surface area contributed by atoms with Crippen LogP contribution in [0.3, 0.4) is 0 Å². The molecule has 0 atom stereocenters. The molecule has 0 spiro atoms. The smallest absolute Gasteiger partial charge is 0.127 e. The van der Waals surface area contributed by atoms with Crippen molar-refractivity contribution in [2.75, 3.05) is 7.11 Å². The predicted octanol–water partition coefficient (Wildman–Crippen LogP) is 1.76. The largest absolute Gasteiger partial charge is 0.496 e. The summed E-state index contributed by atoms with van der Waals surface area (Å²) in [7, 11) is 1.41. The van der Waals surface area contributed by atoms with Gasteiger partial charge in [0.05, 0.1) is 7.11 Å². The number of benzene rings is 1. The van der Waals surface area contributed by atoms with E-state index in [2.05, 4.69) is 0 Å². The molecule has 1 aromatic rings. The van der Waals surface area contributed by atoms with E-state index in [1.807, 2.05) is 0 Å². The Kier molecular flexibility index (Phi) is 2.44. The van der Waals surface area contributed by atoms with Crippen molar-refractivity contribution in [2.45, 2.75) is 6.61 Å². The molecule has 0 bridgehead atoms. The first-order chi connectivity index (χ1) is 5.27. The average molecular weight is 155 g/mol. The van der Waals surface area contributed by atoms with Crippen molar-refractivity contribution < 1.29 is 14.2 Å². The van der Waals surface area contributed by atoms with Gasteiger partial charge in [0.2, 0.25) is 0 Å². The van der Waals surface area contributed by atoms with Gasteiger partial charge in [-0.05, 0) is 12.1 Å². The quantitative estimate of drug-likeness (QED) is 0.639. The van der Waals surface area contributed by atoms with E-state index in [9.17, 15) is 9.50 Å². The first-order valence-corrected chi connectivity index (χ1v) is 3.18. The van der Waals surface area contributed by atoms with Crippen LogP contribution in [0.4, 0.5) is 4.39 Å². The maximum atomic E-state index is 12.5. The zero-order valence-corrected chi connectivity index (χ0v) is 6.13. The minimum absolute atomic E-state index is 0.319. The molecule has 0 aromatic heterocycles. The molecule has 1 radical (unpaired) electrons. The second-order valence-electron chi connectivity index (χ2n) is 2.10. The van der Waals surface area contributed by atoms with E-state index in [1.165, 1.54) is 25.3 Å². The Bertz CT molecular complexity index is 248. The van der Waals surface area contributed by atoms with E-state index in [1.54, 1.807) is 0 Å². The summed E-state index contributed by atoms with van der Waals surface area (Å²) in [6, 6.07) is 3.88. The SMILES string of the molecule is COc1cc(F)ccc1C[O]. The second-order valence-corrected chi connectivity index (χ2v) is 2.10. The summed E-state index contributed by atoms with van der Waals surface area (Å²) in [5, 5.41) is 10.4. The molecule has 0 aliphatic heterocycles. The lowest BCUT2D eigenvalue weighted by Gasteiger charge is -2.03. The van der Waals surface area contributed by atoms with Gasteiger partial charge in [0, 0.05) is 11.6 Å². The Morgan fingerprint density at radius 3 is 2.82 bits per heavy atom.